The lowest BCUT2D eigenvalue weighted by Crippen LogP contribution is -2.31. The van der Waals surface area contributed by atoms with E-state index in [0.717, 1.165) is 11.1 Å². The number of pyridine rings is 1. The van der Waals surface area contributed by atoms with Gasteiger partial charge < -0.3 is 14.7 Å². The van der Waals surface area contributed by atoms with E-state index in [-0.39, 0.29) is 12.1 Å². The maximum Gasteiger partial charge on any atom is 0.290 e. The van der Waals surface area contributed by atoms with Crippen LogP contribution in [0, 0.1) is 6.92 Å². The fourth-order valence-corrected chi connectivity index (χ4v) is 5.41. The molecule has 2 aromatic heterocycles. The summed E-state index contributed by atoms with van der Waals surface area (Å²) in [7, 11) is 1.53. The maximum absolute atomic E-state index is 14.0. The lowest BCUT2D eigenvalue weighted by Gasteiger charge is -2.28. The molecule has 0 bridgehead atoms. The van der Waals surface area contributed by atoms with Crippen LogP contribution in [0.1, 0.15) is 32.5 Å². The van der Waals surface area contributed by atoms with Gasteiger partial charge in [0.25, 0.3) is 5.91 Å². The third kappa shape index (κ3) is 4.16. The van der Waals surface area contributed by atoms with E-state index in [1.54, 1.807) is 37.5 Å². The Morgan fingerprint density at radius 3 is 2.56 bits per heavy atom. The molecular formula is C28H23N3O4S. The van der Waals surface area contributed by atoms with Gasteiger partial charge in [-0.05, 0) is 24.6 Å². The average Bonchev–Trinajstić information content (AvgIpc) is 3.42. The highest BCUT2D eigenvalue weighted by Gasteiger charge is 2.45. The molecule has 1 atom stereocenters. The zero-order valence-corrected chi connectivity index (χ0v) is 20.5. The largest absolute Gasteiger partial charge is 0.503 e. The van der Waals surface area contributed by atoms with Gasteiger partial charge in [-0.3, -0.25) is 14.6 Å². The van der Waals surface area contributed by atoms with Gasteiger partial charge in [0, 0.05) is 30.1 Å². The summed E-state index contributed by atoms with van der Waals surface area (Å²) in [4.78, 5) is 37.9. The van der Waals surface area contributed by atoms with Gasteiger partial charge in [0.1, 0.15) is 10.8 Å². The Kier molecular flexibility index (Phi) is 6.35. The number of carbonyl (C=O) groups excluding carboxylic acids is 2. The first-order chi connectivity index (χ1) is 17.5. The number of ether oxygens (including phenoxy) is 1. The van der Waals surface area contributed by atoms with E-state index in [9.17, 15) is 14.7 Å². The number of aryl methyl sites for hydroxylation is 1. The quantitative estimate of drug-likeness (QED) is 0.348. The van der Waals surface area contributed by atoms with Gasteiger partial charge in [0.2, 0.25) is 5.78 Å². The van der Waals surface area contributed by atoms with Crippen molar-refractivity contribution in [1.29, 1.82) is 0 Å². The smallest absolute Gasteiger partial charge is 0.290 e. The van der Waals surface area contributed by atoms with Crippen LogP contribution in [-0.2, 0) is 11.3 Å². The number of aromatic nitrogens is 2. The van der Waals surface area contributed by atoms with Crippen molar-refractivity contribution in [2.45, 2.75) is 19.5 Å². The van der Waals surface area contributed by atoms with E-state index >= 15 is 0 Å². The zero-order chi connectivity index (χ0) is 25.2. The molecule has 8 heteroatoms. The van der Waals surface area contributed by atoms with Crippen LogP contribution in [0.15, 0.2) is 90.5 Å². The molecule has 4 aromatic rings. The standard InChI is InChI=1S/C28H23N3O4S/c1-17-26(36-27(30-17)19-10-4-3-5-11-19)24(32)22-23(20-12-6-7-13-21(20)35-2)31(28(34)25(22)33)16-18-9-8-14-29-15-18/h3-15,23,33H,16H2,1-2H3. The lowest BCUT2D eigenvalue weighted by atomic mass is 9.94. The molecule has 1 unspecified atom stereocenters. The summed E-state index contributed by atoms with van der Waals surface area (Å²) in [5, 5.41) is 11.7. The Morgan fingerprint density at radius 2 is 1.83 bits per heavy atom. The predicted octanol–water partition coefficient (Wildman–Crippen LogP) is 5.30. The Balaban J connectivity index is 1.61. The first-order valence-corrected chi connectivity index (χ1v) is 12.1. The molecule has 5 rings (SSSR count). The van der Waals surface area contributed by atoms with Gasteiger partial charge >= 0.3 is 0 Å². The first kappa shape index (κ1) is 23.4. The summed E-state index contributed by atoms with van der Waals surface area (Å²) in [5.41, 5.74) is 2.83. The highest BCUT2D eigenvalue weighted by molar-refractivity contribution is 7.17. The second-order valence-electron chi connectivity index (χ2n) is 8.33. The number of rotatable bonds is 7. The summed E-state index contributed by atoms with van der Waals surface area (Å²) in [6, 6.07) is 19.6. The lowest BCUT2D eigenvalue weighted by molar-refractivity contribution is -0.130. The summed E-state index contributed by atoms with van der Waals surface area (Å²) in [6.07, 6.45) is 3.30. The molecular weight excluding hydrogens is 474 g/mol. The molecule has 7 nitrogen and oxygen atoms in total. The molecule has 1 aliphatic heterocycles. The number of amides is 1. The Labute approximate surface area is 212 Å². The minimum Gasteiger partial charge on any atom is -0.503 e. The van der Waals surface area contributed by atoms with Crippen molar-refractivity contribution >= 4 is 23.0 Å². The highest BCUT2D eigenvalue weighted by Crippen LogP contribution is 2.44. The van der Waals surface area contributed by atoms with E-state index in [4.69, 9.17) is 4.74 Å². The van der Waals surface area contributed by atoms with Crippen molar-refractivity contribution in [1.82, 2.24) is 14.9 Å². The third-order valence-electron chi connectivity index (χ3n) is 6.08. The number of aliphatic hydroxyl groups excluding tert-OH is 1. The summed E-state index contributed by atoms with van der Waals surface area (Å²) < 4.78 is 5.57. The van der Waals surface area contributed by atoms with E-state index in [0.29, 0.717) is 26.9 Å². The molecule has 0 saturated carbocycles. The van der Waals surface area contributed by atoms with Gasteiger partial charge in [0.05, 0.1) is 29.3 Å². The fraction of sp³-hybridized carbons (Fsp3) is 0.143. The van der Waals surface area contributed by atoms with Crippen LogP contribution in [0.2, 0.25) is 0 Å². The van der Waals surface area contributed by atoms with Crippen LogP contribution < -0.4 is 4.74 Å². The molecule has 36 heavy (non-hydrogen) atoms. The molecule has 0 aliphatic carbocycles. The SMILES string of the molecule is COc1ccccc1C1C(C(=O)c2sc(-c3ccccc3)nc2C)=C(O)C(=O)N1Cc1cccnc1. The fourth-order valence-electron chi connectivity index (χ4n) is 4.39. The van der Waals surface area contributed by atoms with Crippen LogP contribution in [0.4, 0.5) is 0 Å². The number of hydrogen-bond donors (Lipinski definition) is 1. The van der Waals surface area contributed by atoms with Gasteiger partial charge in [0.15, 0.2) is 5.76 Å². The molecule has 0 radical (unpaired) electrons. The highest BCUT2D eigenvalue weighted by atomic mass is 32.1. The number of Topliss-reactive ketones (excluding diaryl/α,β-unsaturated/α-hetero) is 1. The molecule has 2 aromatic carbocycles. The molecule has 0 saturated heterocycles. The van der Waals surface area contributed by atoms with Crippen LogP contribution in [0.3, 0.4) is 0 Å². The average molecular weight is 498 g/mol. The molecule has 0 spiro atoms. The summed E-state index contributed by atoms with van der Waals surface area (Å²) in [5.74, 6) is -1.10. The van der Waals surface area contributed by atoms with Crippen molar-refractivity contribution in [2.24, 2.45) is 0 Å². The second-order valence-corrected chi connectivity index (χ2v) is 9.33. The number of methoxy groups -OCH3 is 1. The number of hydrogen-bond acceptors (Lipinski definition) is 7. The van der Waals surface area contributed by atoms with Crippen molar-refractivity contribution < 1.29 is 19.4 Å². The normalized spacial score (nSPS) is 15.4. The molecule has 1 aliphatic rings. The van der Waals surface area contributed by atoms with Crippen LogP contribution in [-0.4, -0.2) is 38.8 Å². The molecule has 3 heterocycles. The number of para-hydroxylation sites is 1. The monoisotopic (exact) mass is 497 g/mol. The minimum absolute atomic E-state index is 0.0137. The van der Waals surface area contributed by atoms with Gasteiger partial charge in [-0.25, -0.2) is 4.98 Å². The van der Waals surface area contributed by atoms with Gasteiger partial charge in [-0.2, -0.15) is 0 Å². The van der Waals surface area contributed by atoms with Crippen molar-refractivity contribution in [3.8, 4) is 16.3 Å². The van der Waals surface area contributed by atoms with E-state index in [1.165, 1.54) is 23.3 Å². The van der Waals surface area contributed by atoms with Gasteiger partial charge in [-0.15, -0.1) is 11.3 Å². The molecule has 1 amide bonds. The Bertz CT molecular complexity index is 1460. The topological polar surface area (TPSA) is 92.6 Å². The van der Waals surface area contributed by atoms with E-state index in [1.807, 2.05) is 48.5 Å². The Hall–Kier alpha value is -4.30. The van der Waals surface area contributed by atoms with Crippen LogP contribution in [0.5, 0.6) is 5.75 Å². The van der Waals surface area contributed by atoms with E-state index < -0.39 is 23.5 Å². The number of nitrogens with zero attached hydrogens (tertiary/aromatic N) is 3. The summed E-state index contributed by atoms with van der Waals surface area (Å²) >= 11 is 1.25. The number of thiazole rings is 1. The number of benzene rings is 2. The zero-order valence-electron chi connectivity index (χ0n) is 19.7. The molecule has 1 N–H and O–H groups in total. The summed E-state index contributed by atoms with van der Waals surface area (Å²) in [6.45, 7) is 1.92. The first-order valence-electron chi connectivity index (χ1n) is 11.3. The van der Waals surface area contributed by atoms with E-state index in [2.05, 4.69) is 9.97 Å². The number of ketones is 1. The van der Waals surface area contributed by atoms with Crippen LogP contribution >= 0.6 is 11.3 Å². The minimum atomic E-state index is -0.844. The van der Waals surface area contributed by atoms with Crippen LogP contribution in [0.25, 0.3) is 10.6 Å². The molecule has 180 valence electrons. The number of aliphatic hydroxyl groups is 1. The Morgan fingerprint density at radius 1 is 1.08 bits per heavy atom. The second kappa shape index (κ2) is 9.75. The van der Waals surface area contributed by atoms with Crippen molar-refractivity contribution in [2.75, 3.05) is 7.11 Å². The molecule has 0 fully saturated rings. The van der Waals surface area contributed by atoms with Crippen molar-refractivity contribution in [3.05, 3.63) is 112 Å². The number of carbonyl (C=O) groups is 2. The maximum atomic E-state index is 14.0. The van der Waals surface area contributed by atoms with Gasteiger partial charge in [-0.1, -0.05) is 54.6 Å². The predicted molar refractivity (Wildman–Crippen MR) is 137 cm³/mol. The van der Waals surface area contributed by atoms with Crippen molar-refractivity contribution in [3.63, 3.8) is 0 Å². The third-order valence-corrected chi connectivity index (χ3v) is 7.29.